The summed E-state index contributed by atoms with van der Waals surface area (Å²) < 4.78 is 16.9. The molecule has 0 aliphatic rings. The minimum absolute atomic E-state index is 0.0724. The molecule has 1 unspecified atom stereocenters. The van der Waals surface area contributed by atoms with Crippen molar-refractivity contribution in [3.05, 3.63) is 36.5 Å². The Bertz CT molecular complexity index is 1110. The highest BCUT2D eigenvalue weighted by molar-refractivity contribution is 5.71. The van der Waals surface area contributed by atoms with Crippen LogP contribution in [0.4, 0.5) is 0 Å². The van der Waals surface area contributed by atoms with E-state index >= 15 is 0 Å². The fourth-order valence-corrected chi connectivity index (χ4v) is 8.47. The van der Waals surface area contributed by atoms with E-state index in [4.69, 9.17) is 14.2 Å². The number of rotatable bonds is 53. The van der Waals surface area contributed by atoms with E-state index in [1.54, 1.807) is 0 Å². The Morgan fingerprint density at radius 2 is 0.545 bits per heavy atom. The predicted octanol–water partition coefficient (Wildman–Crippen LogP) is 19.3. The van der Waals surface area contributed by atoms with Gasteiger partial charge < -0.3 is 14.2 Å². The minimum atomic E-state index is -0.774. The second-order valence-corrected chi connectivity index (χ2v) is 19.6. The van der Waals surface area contributed by atoms with Crippen LogP contribution in [0.2, 0.25) is 0 Å². The highest BCUT2D eigenvalue weighted by Gasteiger charge is 2.19. The molecule has 0 radical (unpaired) electrons. The van der Waals surface area contributed by atoms with Gasteiger partial charge in [-0.05, 0) is 77.0 Å². The maximum Gasteiger partial charge on any atom is 0.306 e. The highest BCUT2D eigenvalue weighted by atomic mass is 16.6. The third-order valence-corrected chi connectivity index (χ3v) is 12.9. The van der Waals surface area contributed by atoms with Crippen molar-refractivity contribution in [1.29, 1.82) is 0 Å². The van der Waals surface area contributed by atoms with Crippen LogP contribution in [0.15, 0.2) is 36.5 Å². The van der Waals surface area contributed by atoms with Crippen LogP contribution >= 0.6 is 0 Å². The van der Waals surface area contributed by atoms with Gasteiger partial charge in [0.1, 0.15) is 13.2 Å². The van der Waals surface area contributed by atoms with Gasteiger partial charge in [0.2, 0.25) is 0 Å². The Kier molecular flexibility index (Phi) is 53.2. The smallest absolute Gasteiger partial charge is 0.306 e. The zero-order valence-electron chi connectivity index (χ0n) is 44.2. The molecule has 6 nitrogen and oxygen atoms in total. The lowest BCUT2D eigenvalue weighted by Gasteiger charge is -2.18. The van der Waals surface area contributed by atoms with Crippen molar-refractivity contribution < 1.29 is 28.6 Å². The molecule has 0 aliphatic heterocycles. The molecule has 1 atom stereocenters. The zero-order chi connectivity index (χ0) is 47.9. The minimum Gasteiger partial charge on any atom is -0.462 e. The maximum atomic E-state index is 12.8. The first-order valence-electron chi connectivity index (χ1n) is 29.0. The van der Waals surface area contributed by atoms with Gasteiger partial charge in [0.15, 0.2) is 6.10 Å². The van der Waals surface area contributed by atoms with Crippen molar-refractivity contribution in [3.8, 4) is 0 Å². The largest absolute Gasteiger partial charge is 0.462 e. The molecule has 66 heavy (non-hydrogen) atoms. The Morgan fingerprint density at radius 3 is 0.879 bits per heavy atom. The summed E-state index contributed by atoms with van der Waals surface area (Å²) in [5.74, 6) is -0.866. The predicted molar refractivity (Wildman–Crippen MR) is 284 cm³/mol. The Balaban J connectivity index is 4.32. The summed E-state index contributed by atoms with van der Waals surface area (Å²) in [4.78, 5) is 38.1. The van der Waals surface area contributed by atoms with Crippen LogP contribution in [0.3, 0.4) is 0 Å². The molecular formula is C60H110O6. The number of allylic oxidation sites excluding steroid dienone is 6. The second-order valence-electron chi connectivity index (χ2n) is 19.6. The van der Waals surface area contributed by atoms with Crippen LogP contribution in [0.5, 0.6) is 0 Å². The molecule has 0 amide bonds. The summed E-state index contributed by atoms with van der Waals surface area (Å²) in [6.45, 7) is 6.64. The molecule has 386 valence electrons. The molecule has 0 heterocycles. The summed E-state index contributed by atoms with van der Waals surface area (Å²) >= 11 is 0. The first kappa shape index (κ1) is 63.6. The first-order valence-corrected chi connectivity index (χ1v) is 29.0. The number of hydrogen-bond acceptors (Lipinski definition) is 6. The van der Waals surface area contributed by atoms with Crippen LogP contribution in [0, 0.1) is 0 Å². The molecular weight excluding hydrogens is 817 g/mol. The quantitative estimate of drug-likeness (QED) is 0.0262. The summed E-state index contributed by atoms with van der Waals surface area (Å²) in [6.07, 6.45) is 65.6. The first-order chi connectivity index (χ1) is 32.5. The van der Waals surface area contributed by atoms with E-state index in [0.717, 1.165) is 70.6 Å². The van der Waals surface area contributed by atoms with Gasteiger partial charge in [-0.25, -0.2) is 0 Å². The van der Waals surface area contributed by atoms with Gasteiger partial charge in [-0.3, -0.25) is 14.4 Å². The monoisotopic (exact) mass is 927 g/mol. The molecule has 0 N–H and O–H groups in total. The molecule has 0 saturated heterocycles. The fraction of sp³-hybridized carbons (Fsp3) is 0.850. The molecule has 0 spiro atoms. The summed E-state index contributed by atoms with van der Waals surface area (Å²) in [6, 6.07) is 0. The molecule has 0 aromatic carbocycles. The van der Waals surface area contributed by atoms with Crippen molar-refractivity contribution in [2.75, 3.05) is 13.2 Å². The van der Waals surface area contributed by atoms with Crippen LogP contribution in [0.25, 0.3) is 0 Å². The van der Waals surface area contributed by atoms with Gasteiger partial charge in [0, 0.05) is 19.3 Å². The lowest BCUT2D eigenvalue weighted by molar-refractivity contribution is -0.167. The third kappa shape index (κ3) is 52.6. The topological polar surface area (TPSA) is 78.9 Å². The Morgan fingerprint density at radius 1 is 0.303 bits per heavy atom. The fourth-order valence-electron chi connectivity index (χ4n) is 8.47. The van der Waals surface area contributed by atoms with Crippen molar-refractivity contribution in [2.24, 2.45) is 0 Å². The van der Waals surface area contributed by atoms with Gasteiger partial charge in [-0.2, -0.15) is 0 Å². The van der Waals surface area contributed by atoms with Crippen molar-refractivity contribution in [3.63, 3.8) is 0 Å². The number of ether oxygens (including phenoxy) is 3. The zero-order valence-corrected chi connectivity index (χ0v) is 44.2. The second kappa shape index (κ2) is 55.2. The Hall–Kier alpha value is -2.37. The summed E-state index contributed by atoms with van der Waals surface area (Å²) in [5.41, 5.74) is 0. The molecule has 0 fully saturated rings. The standard InChI is InChI=1S/C60H110O6/c1-4-7-10-13-16-19-22-25-27-29-30-32-33-35-38-41-44-47-50-53-59(62)65-56-57(55-64-58(61)52-49-46-43-40-37-24-21-18-15-12-9-6-3)66-60(63)54-51-48-45-42-39-36-34-31-28-26-23-20-17-14-11-8-5-2/h17,20,25-28,57H,4-16,18-19,21-24,29-56H2,1-3H3/b20-17-,27-25-,28-26-. The SMILES string of the molecule is CCCCC/C=C\C/C=C\CCCCCCCCCC(=O)OC(COC(=O)CCCCCCCCCCC/C=C\CCCCCCCC)COC(=O)CCCCCCCCCCCCCC. The van der Waals surface area contributed by atoms with Gasteiger partial charge in [-0.1, -0.05) is 250 Å². The van der Waals surface area contributed by atoms with Crippen molar-refractivity contribution >= 4 is 17.9 Å². The van der Waals surface area contributed by atoms with Crippen LogP contribution in [-0.4, -0.2) is 37.2 Å². The summed E-state index contributed by atoms with van der Waals surface area (Å²) in [5, 5.41) is 0. The molecule has 0 aromatic rings. The number of carbonyl (C=O) groups is 3. The lowest BCUT2D eigenvalue weighted by Crippen LogP contribution is -2.30. The van der Waals surface area contributed by atoms with Crippen LogP contribution < -0.4 is 0 Å². The average Bonchev–Trinajstić information content (AvgIpc) is 3.31. The molecule has 0 rings (SSSR count). The maximum absolute atomic E-state index is 12.8. The highest BCUT2D eigenvalue weighted by Crippen LogP contribution is 2.16. The van der Waals surface area contributed by atoms with E-state index in [1.165, 1.54) is 199 Å². The molecule has 0 aliphatic carbocycles. The number of esters is 3. The van der Waals surface area contributed by atoms with E-state index in [0.29, 0.717) is 19.3 Å². The van der Waals surface area contributed by atoms with Gasteiger partial charge >= 0.3 is 17.9 Å². The normalized spacial score (nSPS) is 12.2. The number of carbonyl (C=O) groups excluding carboxylic acids is 3. The molecule has 0 aromatic heterocycles. The molecule has 6 heteroatoms. The summed E-state index contributed by atoms with van der Waals surface area (Å²) in [7, 11) is 0. The molecule has 0 bridgehead atoms. The number of unbranched alkanes of at least 4 members (excludes halogenated alkanes) is 36. The van der Waals surface area contributed by atoms with Gasteiger partial charge in [0.25, 0.3) is 0 Å². The van der Waals surface area contributed by atoms with Crippen molar-refractivity contribution in [2.45, 2.75) is 316 Å². The lowest BCUT2D eigenvalue weighted by atomic mass is 10.0. The van der Waals surface area contributed by atoms with E-state index in [9.17, 15) is 14.4 Å². The number of hydrogen-bond donors (Lipinski definition) is 0. The van der Waals surface area contributed by atoms with Crippen LogP contribution in [0.1, 0.15) is 310 Å². The molecule has 0 saturated carbocycles. The van der Waals surface area contributed by atoms with E-state index in [-0.39, 0.29) is 31.1 Å². The van der Waals surface area contributed by atoms with E-state index < -0.39 is 6.10 Å². The van der Waals surface area contributed by atoms with Crippen LogP contribution in [-0.2, 0) is 28.6 Å². The van der Waals surface area contributed by atoms with Gasteiger partial charge in [0.05, 0.1) is 0 Å². The van der Waals surface area contributed by atoms with Gasteiger partial charge in [-0.15, -0.1) is 0 Å². The Labute approximate surface area is 410 Å². The van der Waals surface area contributed by atoms with E-state index in [2.05, 4.69) is 57.2 Å². The van der Waals surface area contributed by atoms with Crippen molar-refractivity contribution in [1.82, 2.24) is 0 Å². The third-order valence-electron chi connectivity index (χ3n) is 12.9. The van der Waals surface area contributed by atoms with E-state index in [1.807, 2.05) is 0 Å². The average molecular weight is 928 g/mol.